The van der Waals surface area contributed by atoms with Gasteiger partial charge in [0.2, 0.25) is 0 Å². The molecule has 0 saturated heterocycles. The van der Waals surface area contributed by atoms with Crippen LogP contribution in [-0.2, 0) is 6.42 Å². The smallest absolute Gasteiger partial charge is 0.110 e. The highest BCUT2D eigenvalue weighted by Crippen LogP contribution is 2.41. The molecular weight excluding hydrogens is 264 g/mol. The third-order valence-corrected chi connectivity index (χ3v) is 4.73. The first kappa shape index (κ1) is 12.2. The van der Waals surface area contributed by atoms with E-state index in [1.165, 1.54) is 16.0 Å². The molecule has 1 atom stereocenters. The standard InChI is InChI=1S/C14H15ClN2S/c1-2-3-11(16)14-17-13-10-5-4-9(15)6-8(10)7-12(13)18-14/h4-6,11H,2-3,7,16H2,1H3. The predicted octanol–water partition coefficient (Wildman–Crippen LogP) is 4.17. The Kier molecular flexibility index (Phi) is 3.14. The zero-order valence-electron chi connectivity index (χ0n) is 10.2. The van der Waals surface area contributed by atoms with Gasteiger partial charge in [0, 0.05) is 21.9 Å². The molecule has 1 unspecified atom stereocenters. The molecule has 0 fully saturated rings. The van der Waals surface area contributed by atoms with Crippen molar-refractivity contribution in [1.82, 2.24) is 4.98 Å². The monoisotopic (exact) mass is 278 g/mol. The summed E-state index contributed by atoms with van der Waals surface area (Å²) < 4.78 is 0. The highest BCUT2D eigenvalue weighted by molar-refractivity contribution is 7.12. The molecule has 1 aliphatic rings. The van der Waals surface area contributed by atoms with Gasteiger partial charge in [0.05, 0.1) is 11.7 Å². The minimum absolute atomic E-state index is 0.0846. The summed E-state index contributed by atoms with van der Waals surface area (Å²) in [6, 6.07) is 6.12. The van der Waals surface area contributed by atoms with E-state index in [9.17, 15) is 0 Å². The van der Waals surface area contributed by atoms with Crippen molar-refractivity contribution >= 4 is 22.9 Å². The van der Waals surface area contributed by atoms with Crippen LogP contribution in [0.2, 0.25) is 5.02 Å². The number of nitrogens with zero attached hydrogens (tertiary/aromatic N) is 1. The first-order valence-electron chi connectivity index (χ1n) is 6.23. The lowest BCUT2D eigenvalue weighted by molar-refractivity contribution is 0.635. The van der Waals surface area contributed by atoms with Crippen LogP contribution < -0.4 is 5.73 Å². The van der Waals surface area contributed by atoms with Crippen LogP contribution in [0.25, 0.3) is 11.3 Å². The lowest BCUT2D eigenvalue weighted by atomic mass is 10.1. The molecule has 94 valence electrons. The Balaban J connectivity index is 1.98. The summed E-state index contributed by atoms with van der Waals surface area (Å²) in [6.07, 6.45) is 3.04. The van der Waals surface area contributed by atoms with Gasteiger partial charge in [-0.05, 0) is 24.1 Å². The molecule has 0 spiro atoms. The average Bonchev–Trinajstić information content (AvgIpc) is 2.85. The fourth-order valence-electron chi connectivity index (χ4n) is 2.41. The van der Waals surface area contributed by atoms with E-state index in [4.69, 9.17) is 22.3 Å². The van der Waals surface area contributed by atoms with Crippen LogP contribution in [0.15, 0.2) is 18.2 Å². The van der Waals surface area contributed by atoms with Crippen LogP contribution >= 0.6 is 22.9 Å². The number of benzene rings is 1. The fraction of sp³-hybridized carbons (Fsp3) is 0.357. The third-order valence-electron chi connectivity index (χ3n) is 3.30. The second-order valence-electron chi connectivity index (χ2n) is 4.70. The summed E-state index contributed by atoms with van der Waals surface area (Å²) in [5, 5.41) is 1.87. The Morgan fingerprint density at radius 3 is 3.11 bits per heavy atom. The van der Waals surface area contributed by atoms with Gasteiger partial charge in [-0.2, -0.15) is 0 Å². The van der Waals surface area contributed by atoms with E-state index < -0.39 is 0 Å². The van der Waals surface area contributed by atoms with Gasteiger partial charge in [-0.15, -0.1) is 11.3 Å². The quantitative estimate of drug-likeness (QED) is 0.781. The van der Waals surface area contributed by atoms with Crippen molar-refractivity contribution in [3.8, 4) is 11.3 Å². The van der Waals surface area contributed by atoms with Crippen LogP contribution in [0, 0.1) is 0 Å². The second-order valence-corrected chi connectivity index (χ2v) is 6.25. The van der Waals surface area contributed by atoms with Crippen molar-refractivity contribution in [3.63, 3.8) is 0 Å². The van der Waals surface area contributed by atoms with E-state index in [2.05, 4.69) is 13.0 Å². The van der Waals surface area contributed by atoms with Crippen molar-refractivity contribution in [1.29, 1.82) is 0 Å². The van der Waals surface area contributed by atoms with E-state index in [0.717, 1.165) is 35.0 Å². The minimum atomic E-state index is 0.0846. The molecule has 0 amide bonds. The first-order valence-corrected chi connectivity index (χ1v) is 7.42. The number of thiazole rings is 1. The summed E-state index contributed by atoms with van der Waals surface area (Å²) in [5.74, 6) is 0. The van der Waals surface area contributed by atoms with Crippen molar-refractivity contribution in [3.05, 3.63) is 38.7 Å². The predicted molar refractivity (Wildman–Crippen MR) is 77.2 cm³/mol. The van der Waals surface area contributed by atoms with Crippen LogP contribution in [0.4, 0.5) is 0 Å². The fourth-order valence-corrected chi connectivity index (χ4v) is 3.74. The van der Waals surface area contributed by atoms with E-state index >= 15 is 0 Å². The molecule has 2 N–H and O–H groups in total. The molecule has 0 radical (unpaired) electrons. The largest absolute Gasteiger partial charge is 0.322 e. The lowest BCUT2D eigenvalue weighted by Gasteiger charge is -2.06. The Hall–Kier alpha value is -0.900. The Labute approximate surface area is 116 Å². The molecule has 0 aliphatic heterocycles. The maximum absolute atomic E-state index is 6.14. The first-order chi connectivity index (χ1) is 8.69. The van der Waals surface area contributed by atoms with Gasteiger partial charge in [-0.25, -0.2) is 4.98 Å². The average molecular weight is 279 g/mol. The zero-order valence-corrected chi connectivity index (χ0v) is 11.8. The number of fused-ring (bicyclic) bond motifs is 3. The van der Waals surface area contributed by atoms with Gasteiger partial charge in [0.25, 0.3) is 0 Å². The number of aromatic nitrogens is 1. The van der Waals surface area contributed by atoms with Gasteiger partial charge in [0.1, 0.15) is 5.01 Å². The summed E-state index contributed by atoms with van der Waals surface area (Å²) >= 11 is 7.77. The number of rotatable bonds is 3. The van der Waals surface area contributed by atoms with Crippen molar-refractivity contribution in [2.45, 2.75) is 32.2 Å². The number of nitrogens with two attached hydrogens (primary N) is 1. The maximum Gasteiger partial charge on any atom is 0.110 e. The molecule has 4 heteroatoms. The van der Waals surface area contributed by atoms with E-state index in [-0.39, 0.29) is 6.04 Å². The van der Waals surface area contributed by atoms with Gasteiger partial charge >= 0.3 is 0 Å². The van der Waals surface area contributed by atoms with Crippen LogP contribution in [0.3, 0.4) is 0 Å². The summed E-state index contributed by atoms with van der Waals surface area (Å²) in [4.78, 5) is 6.06. The van der Waals surface area contributed by atoms with E-state index in [1.54, 1.807) is 11.3 Å². The molecule has 2 nitrogen and oxygen atoms in total. The summed E-state index contributed by atoms with van der Waals surface area (Å²) in [5.41, 5.74) is 9.76. The molecule has 1 aromatic carbocycles. The van der Waals surface area contributed by atoms with Crippen LogP contribution in [-0.4, -0.2) is 4.98 Å². The highest BCUT2D eigenvalue weighted by Gasteiger charge is 2.24. The number of hydrogen-bond acceptors (Lipinski definition) is 3. The second kappa shape index (κ2) is 4.65. The number of halogens is 1. The summed E-state index contributed by atoms with van der Waals surface area (Å²) in [7, 11) is 0. The van der Waals surface area contributed by atoms with Gasteiger partial charge in [-0.3, -0.25) is 0 Å². The topological polar surface area (TPSA) is 38.9 Å². The molecule has 3 rings (SSSR count). The molecule has 0 saturated carbocycles. The Morgan fingerprint density at radius 1 is 1.50 bits per heavy atom. The molecule has 0 bridgehead atoms. The van der Waals surface area contributed by atoms with Gasteiger partial charge < -0.3 is 5.73 Å². The molecule has 18 heavy (non-hydrogen) atoms. The minimum Gasteiger partial charge on any atom is -0.322 e. The normalized spacial score (nSPS) is 14.4. The maximum atomic E-state index is 6.14. The molecule has 1 aliphatic carbocycles. The molecule has 1 aromatic heterocycles. The molecule has 1 heterocycles. The molecular formula is C14H15ClN2S. The SMILES string of the molecule is CCCC(N)c1nc2c(s1)Cc1cc(Cl)ccc1-2. The third kappa shape index (κ3) is 1.96. The van der Waals surface area contributed by atoms with Crippen molar-refractivity contribution < 1.29 is 0 Å². The zero-order chi connectivity index (χ0) is 12.7. The van der Waals surface area contributed by atoms with E-state index in [0.29, 0.717) is 0 Å². The van der Waals surface area contributed by atoms with Gasteiger partial charge in [0.15, 0.2) is 0 Å². The van der Waals surface area contributed by atoms with Crippen LogP contribution in [0.5, 0.6) is 0 Å². The Morgan fingerprint density at radius 2 is 2.33 bits per heavy atom. The van der Waals surface area contributed by atoms with Gasteiger partial charge in [-0.1, -0.05) is 31.0 Å². The van der Waals surface area contributed by atoms with Crippen molar-refractivity contribution in [2.24, 2.45) is 5.73 Å². The lowest BCUT2D eigenvalue weighted by Crippen LogP contribution is -2.09. The highest BCUT2D eigenvalue weighted by atomic mass is 35.5. The summed E-state index contributed by atoms with van der Waals surface area (Å²) in [6.45, 7) is 2.15. The Bertz CT molecular complexity index is 591. The van der Waals surface area contributed by atoms with E-state index in [1.807, 2.05) is 12.1 Å². The van der Waals surface area contributed by atoms with Crippen molar-refractivity contribution in [2.75, 3.05) is 0 Å². The number of hydrogen-bond donors (Lipinski definition) is 1. The van der Waals surface area contributed by atoms with Crippen LogP contribution in [0.1, 0.15) is 41.3 Å². The molecule has 2 aromatic rings.